The summed E-state index contributed by atoms with van der Waals surface area (Å²) in [7, 11) is 0. The molecule has 2 nitrogen and oxygen atoms in total. The molecule has 0 bridgehead atoms. The fourth-order valence-corrected chi connectivity index (χ4v) is 7.63. The quantitative estimate of drug-likeness (QED) is 0.188. The van der Waals surface area contributed by atoms with E-state index >= 15 is 0 Å². The van der Waals surface area contributed by atoms with E-state index in [0.29, 0.717) is 0 Å². The molecule has 0 saturated carbocycles. The second-order valence-electron chi connectivity index (χ2n) is 12.6. The van der Waals surface area contributed by atoms with Crippen molar-refractivity contribution in [2.45, 2.75) is 0 Å². The van der Waals surface area contributed by atoms with Crippen LogP contribution in [0.5, 0.6) is 0 Å². The van der Waals surface area contributed by atoms with Gasteiger partial charge in [0, 0.05) is 32.9 Å². The number of hydrogen-bond donors (Lipinski definition) is 0. The van der Waals surface area contributed by atoms with Gasteiger partial charge in [0.1, 0.15) is 0 Å². The maximum absolute atomic E-state index is 2.41. The van der Waals surface area contributed by atoms with E-state index < -0.39 is 0 Å². The molecule has 224 valence electrons. The number of nitrogens with zero attached hydrogens (tertiary/aromatic N) is 2. The predicted octanol–water partition coefficient (Wildman–Crippen LogP) is 12.4. The van der Waals surface area contributed by atoms with Gasteiger partial charge in [0.25, 0.3) is 0 Å². The van der Waals surface area contributed by atoms with E-state index in [9.17, 15) is 0 Å². The zero-order chi connectivity index (χ0) is 31.6. The first-order valence-corrected chi connectivity index (χ1v) is 16.5. The van der Waals surface area contributed by atoms with Gasteiger partial charge in [0.15, 0.2) is 0 Å². The van der Waals surface area contributed by atoms with Gasteiger partial charge in [-0.2, -0.15) is 0 Å². The van der Waals surface area contributed by atoms with Gasteiger partial charge in [-0.25, -0.2) is 0 Å². The molecule has 0 aliphatic rings. The lowest BCUT2D eigenvalue weighted by atomic mass is 10.0. The molecule has 0 saturated heterocycles. The molecule has 2 heteroatoms. The SMILES string of the molecule is c1ccc(-n2c3ccccc3c3ccc(-c4ccc5c(c4)c4ccccc4n5-c4cccc(-c5ccc6ccccc6c5)c4)cc32)cc1. The monoisotopic (exact) mass is 610 g/mol. The number of para-hydroxylation sites is 3. The van der Waals surface area contributed by atoms with Crippen molar-refractivity contribution >= 4 is 54.4 Å². The van der Waals surface area contributed by atoms with Crippen molar-refractivity contribution < 1.29 is 0 Å². The van der Waals surface area contributed by atoms with Crippen molar-refractivity contribution in [2.75, 3.05) is 0 Å². The first-order valence-electron chi connectivity index (χ1n) is 16.5. The van der Waals surface area contributed by atoms with E-state index in [1.165, 1.54) is 82.3 Å². The normalized spacial score (nSPS) is 11.8. The van der Waals surface area contributed by atoms with Gasteiger partial charge in [-0.1, -0.05) is 121 Å². The Bertz CT molecular complexity index is 2830. The van der Waals surface area contributed by atoms with Gasteiger partial charge < -0.3 is 9.13 Å². The lowest BCUT2D eigenvalue weighted by molar-refractivity contribution is 1.18. The van der Waals surface area contributed by atoms with E-state index in [1.54, 1.807) is 0 Å². The molecule has 10 rings (SSSR count). The van der Waals surface area contributed by atoms with Crippen LogP contribution in [0.2, 0.25) is 0 Å². The standard InChI is InChI=1S/C46H30N2/c1-2-14-37(15-3-1)47-43-19-8-6-17-39(43)41-25-23-36(30-46(41)47)35-24-26-45-42(29-35)40-18-7-9-20-44(40)48(45)38-16-10-13-33(28-38)34-22-21-31-11-4-5-12-32(31)27-34/h1-30H. The summed E-state index contributed by atoms with van der Waals surface area (Å²) in [6.45, 7) is 0. The van der Waals surface area contributed by atoms with Crippen LogP contribution < -0.4 is 0 Å². The zero-order valence-electron chi connectivity index (χ0n) is 26.2. The summed E-state index contributed by atoms with van der Waals surface area (Å²) in [4.78, 5) is 0. The topological polar surface area (TPSA) is 9.86 Å². The van der Waals surface area contributed by atoms with Gasteiger partial charge in [0.2, 0.25) is 0 Å². The number of benzene rings is 8. The first-order chi connectivity index (χ1) is 23.8. The Kier molecular flexibility index (Phi) is 5.91. The average Bonchev–Trinajstić information content (AvgIpc) is 3.67. The first kappa shape index (κ1) is 26.8. The molecular formula is C46H30N2. The van der Waals surface area contributed by atoms with Gasteiger partial charge >= 0.3 is 0 Å². The Morgan fingerprint density at radius 3 is 1.62 bits per heavy atom. The maximum Gasteiger partial charge on any atom is 0.0547 e. The van der Waals surface area contributed by atoms with Crippen molar-refractivity contribution in [2.24, 2.45) is 0 Å². The van der Waals surface area contributed by atoms with Crippen LogP contribution in [0.4, 0.5) is 0 Å². The summed E-state index contributed by atoms with van der Waals surface area (Å²) in [5.74, 6) is 0. The van der Waals surface area contributed by atoms with Crippen LogP contribution >= 0.6 is 0 Å². The number of rotatable bonds is 4. The largest absolute Gasteiger partial charge is 0.309 e. The second kappa shape index (κ2) is 10.6. The highest BCUT2D eigenvalue weighted by molar-refractivity contribution is 6.12. The van der Waals surface area contributed by atoms with Gasteiger partial charge in [-0.3, -0.25) is 0 Å². The summed E-state index contributed by atoms with van der Waals surface area (Å²) in [6.07, 6.45) is 0. The third-order valence-corrected chi connectivity index (χ3v) is 9.88. The molecule has 0 N–H and O–H groups in total. The van der Waals surface area contributed by atoms with Gasteiger partial charge in [-0.05, 0) is 93.7 Å². The summed E-state index contributed by atoms with van der Waals surface area (Å²) in [5, 5.41) is 7.56. The third-order valence-electron chi connectivity index (χ3n) is 9.88. The fourth-order valence-electron chi connectivity index (χ4n) is 7.63. The maximum atomic E-state index is 2.41. The summed E-state index contributed by atoms with van der Waals surface area (Å²) in [5.41, 5.74) is 12.0. The Morgan fingerprint density at radius 1 is 0.250 bits per heavy atom. The molecule has 0 atom stereocenters. The van der Waals surface area contributed by atoms with Crippen molar-refractivity contribution in [3.63, 3.8) is 0 Å². The predicted molar refractivity (Wildman–Crippen MR) is 203 cm³/mol. The molecule has 0 aliphatic carbocycles. The van der Waals surface area contributed by atoms with Crippen LogP contribution in [-0.2, 0) is 0 Å². The molecule has 0 aliphatic heterocycles. The molecule has 10 aromatic rings. The van der Waals surface area contributed by atoms with Gasteiger partial charge in [-0.15, -0.1) is 0 Å². The average molecular weight is 611 g/mol. The van der Waals surface area contributed by atoms with E-state index in [2.05, 4.69) is 191 Å². The van der Waals surface area contributed by atoms with Crippen LogP contribution in [0.1, 0.15) is 0 Å². The van der Waals surface area contributed by atoms with Crippen LogP contribution in [0.3, 0.4) is 0 Å². The third kappa shape index (κ3) is 4.13. The number of fused-ring (bicyclic) bond motifs is 7. The highest BCUT2D eigenvalue weighted by atomic mass is 15.0. The zero-order valence-corrected chi connectivity index (χ0v) is 26.2. The fraction of sp³-hybridized carbons (Fsp3) is 0. The highest BCUT2D eigenvalue weighted by Crippen LogP contribution is 2.38. The van der Waals surface area contributed by atoms with Crippen molar-refractivity contribution in [1.29, 1.82) is 0 Å². The van der Waals surface area contributed by atoms with Crippen molar-refractivity contribution in [3.05, 3.63) is 182 Å². The minimum atomic E-state index is 1.16. The molecule has 0 unspecified atom stereocenters. The van der Waals surface area contributed by atoms with E-state index in [4.69, 9.17) is 0 Å². The van der Waals surface area contributed by atoms with E-state index in [1.807, 2.05) is 0 Å². The molecule has 0 spiro atoms. The Hall–Kier alpha value is -6.38. The van der Waals surface area contributed by atoms with Crippen molar-refractivity contribution in [1.82, 2.24) is 9.13 Å². The summed E-state index contributed by atoms with van der Waals surface area (Å²) in [6, 6.07) is 66.3. The number of aromatic nitrogens is 2. The molecule has 48 heavy (non-hydrogen) atoms. The minimum Gasteiger partial charge on any atom is -0.309 e. The lowest BCUT2D eigenvalue weighted by Crippen LogP contribution is -1.94. The second-order valence-corrected chi connectivity index (χ2v) is 12.6. The smallest absolute Gasteiger partial charge is 0.0547 e. The number of hydrogen-bond acceptors (Lipinski definition) is 0. The van der Waals surface area contributed by atoms with Gasteiger partial charge in [0.05, 0.1) is 22.1 Å². The van der Waals surface area contributed by atoms with Crippen LogP contribution in [0, 0.1) is 0 Å². The molecule has 2 heterocycles. The summed E-state index contributed by atoms with van der Waals surface area (Å²) >= 11 is 0. The minimum absolute atomic E-state index is 1.16. The van der Waals surface area contributed by atoms with Crippen molar-refractivity contribution in [3.8, 4) is 33.6 Å². The van der Waals surface area contributed by atoms with E-state index in [-0.39, 0.29) is 0 Å². The summed E-state index contributed by atoms with van der Waals surface area (Å²) < 4.78 is 4.80. The van der Waals surface area contributed by atoms with Crippen LogP contribution in [0.25, 0.3) is 88.0 Å². The Labute approximate surface area is 278 Å². The molecule has 0 fully saturated rings. The van der Waals surface area contributed by atoms with Crippen LogP contribution in [0.15, 0.2) is 182 Å². The lowest BCUT2D eigenvalue weighted by Gasteiger charge is -2.11. The molecule has 2 aromatic heterocycles. The van der Waals surface area contributed by atoms with E-state index in [0.717, 1.165) is 5.69 Å². The Balaban J connectivity index is 1.14. The molecular weight excluding hydrogens is 581 g/mol. The molecule has 8 aromatic carbocycles. The van der Waals surface area contributed by atoms with Crippen LogP contribution in [-0.4, -0.2) is 9.13 Å². The Morgan fingerprint density at radius 2 is 0.792 bits per heavy atom. The molecule has 0 amide bonds. The molecule has 0 radical (unpaired) electrons. The highest BCUT2D eigenvalue weighted by Gasteiger charge is 2.16.